The van der Waals surface area contributed by atoms with Gasteiger partial charge < -0.3 is 10.8 Å². The SMILES string of the molecule is N#CCC(=O)O.NC(=O)C1CCS(=O)(=O)C1. The number of rotatable bonds is 2. The third kappa shape index (κ3) is 5.98. The summed E-state index contributed by atoms with van der Waals surface area (Å²) >= 11 is 0. The van der Waals surface area contributed by atoms with Crippen molar-refractivity contribution in [2.75, 3.05) is 11.5 Å². The van der Waals surface area contributed by atoms with Crippen LogP contribution >= 0.6 is 0 Å². The van der Waals surface area contributed by atoms with Crippen molar-refractivity contribution in [3.63, 3.8) is 0 Å². The lowest BCUT2D eigenvalue weighted by Crippen LogP contribution is -2.23. The first-order valence-corrected chi connectivity index (χ1v) is 6.19. The van der Waals surface area contributed by atoms with Gasteiger partial charge in [-0.15, -0.1) is 0 Å². The highest BCUT2D eigenvalue weighted by Crippen LogP contribution is 2.17. The number of aliphatic carboxylic acids is 1. The number of amides is 1. The first-order chi connectivity index (χ1) is 7.28. The van der Waals surface area contributed by atoms with Crippen molar-refractivity contribution in [2.24, 2.45) is 11.7 Å². The number of carboxylic acid groups (broad SMARTS) is 1. The first kappa shape index (κ1) is 14.4. The Hall–Kier alpha value is -1.62. The van der Waals surface area contributed by atoms with Crippen molar-refractivity contribution in [2.45, 2.75) is 12.8 Å². The van der Waals surface area contributed by atoms with E-state index in [4.69, 9.17) is 16.1 Å². The number of sulfone groups is 1. The lowest BCUT2D eigenvalue weighted by Gasteiger charge is -1.97. The molecule has 1 amide bonds. The molecule has 0 radical (unpaired) electrons. The number of hydrogen-bond acceptors (Lipinski definition) is 5. The monoisotopic (exact) mass is 248 g/mol. The Morgan fingerprint density at radius 2 is 2.06 bits per heavy atom. The van der Waals surface area contributed by atoms with E-state index in [0.717, 1.165) is 0 Å². The minimum atomic E-state index is -2.94. The summed E-state index contributed by atoms with van der Waals surface area (Å²) in [4.78, 5) is 19.8. The van der Waals surface area contributed by atoms with E-state index in [1.807, 2.05) is 0 Å². The Labute approximate surface area is 92.8 Å². The summed E-state index contributed by atoms with van der Waals surface area (Å²) in [5, 5.41) is 15.3. The van der Waals surface area contributed by atoms with Crippen molar-refractivity contribution in [3.8, 4) is 6.07 Å². The number of primary amides is 1. The van der Waals surface area contributed by atoms with Gasteiger partial charge in [0.15, 0.2) is 9.84 Å². The van der Waals surface area contributed by atoms with Crippen LogP contribution in [-0.2, 0) is 19.4 Å². The van der Waals surface area contributed by atoms with Crippen LogP contribution in [0, 0.1) is 17.2 Å². The van der Waals surface area contributed by atoms with Crippen LogP contribution in [0.3, 0.4) is 0 Å². The van der Waals surface area contributed by atoms with E-state index in [0.29, 0.717) is 6.42 Å². The molecule has 16 heavy (non-hydrogen) atoms. The number of nitrogens with two attached hydrogens (primary N) is 1. The maximum absolute atomic E-state index is 10.7. The summed E-state index contributed by atoms with van der Waals surface area (Å²) < 4.78 is 21.5. The Morgan fingerprint density at radius 3 is 2.19 bits per heavy atom. The highest BCUT2D eigenvalue weighted by atomic mass is 32.2. The number of nitrogens with zero attached hydrogens (tertiary/aromatic N) is 1. The fraction of sp³-hybridized carbons (Fsp3) is 0.625. The molecule has 0 aliphatic carbocycles. The number of carbonyl (C=O) groups is 2. The maximum atomic E-state index is 10.7. The molecule has 0 saturated carbocycles. The zero-order valence-electron chi connectivity index (χ0n) is 8.42. The number of hydrogen-bond donors (Lipinski definition) is 2. The van der Waals surface area contributed by atoms with E-state index >= 15 is 0 Å². The minimum Gasteiger partial charge on any atom is -0.480 e. The van der Waals surface area contributed by atoms with Gasteiger partial charge in [0.2, 0.25) is 5.91 Å². The average Bonchev–Trinajstić information content (AvgIpc) is 2.47. The largest absolute Gasteiger partial charge is 0.480 e. The molecular weight excluding hydrogens is 236 g/mol. The van der Waals surface area contributed by atoms with Gasteiger partial charge in [0.1, 0.15) is 6.42 Å². The fourth-order valence-corrected chi connectivity index (χ4v) is 2.84. The van der Waals surface area contributed by atoms with E-state index in [2.05, 4.69) is 0 Å². The van der Waals surface area contributed by atoms with Gasteiger partial charge in [0.25, 0.3) is 0 Å². The predicted molar refractivity (Wildman–Crippen MR) is 53.8 cm³/mol. The Balaban J connectivity index is 0.000000325. The third-order valence-electron chi connectivity index (χ3n) is 1.87. The number of carboxylic acids is 1. The van der Waals surface area contributed by atoms with Crippen molar-refractivity contribution in [1.82, 2.24) is 0 Å². The summed E-state index contributed by atoms with van der Waals surface area (Å²) in [6, 6.07) is 1.47. The lowest BCUT2D eigenvalue weighted by molar-refractivity contribution is -0.135. The summed E-state index contributed by atoms with van der Waals surface area (Å²) in [5.41, 5.74) is 4.92. The summed E-state index contributed by atoms with van der Waals surface area (Å²) in [7, 11) is -2.94. The van der Waals surface area contributed by atoms with Crippen molar-refractivity contribution >= 4 is 21.7 Å². The molecule has 1 rings (SSSR count). The Bertz CT molecular complexity index is 409. The molecule has 1 atom stereocenters. The van der Waals surface area contributed by atoms with Crippen LogP contribution in [0.1, 0.15) is 12.8 Å². The molecule has 7 nitrogen and oxygen atoms in total. The number of carbonyl (C=O) groups excluding carboxylic acids is 1. The molecule has 8 heteroatoms. The quantitative estimate of drug-likeness (QED) is 0.635. The Kier molecular flexibility index (Phi) is 5.46. The molecule has 1 fully saturated rings. The molecule has 1 unspecified atom stereocenters. The molecular formula is C8H12N2O5S. The van der Waals surface area contributed by atoms with Gasteiger partial charge in [0.05, 0.1) is 23.5 Å². The van der Waals surface area contributed by atoms with E-state index < -0.39 is 34.1 Å². The highest BCUT2D eigenvalue weighted by molar-refractivity contribution is 7.91. The van der Waals surface area contributed by atoms with Gasteiger partial charge in [0, 0.05) is 0 Å². The van der Waals surface area contributed by atoms with Crippen LogP contribution in [0.15, 0.2) is 0 Å². The summed E-state index contributed by atoms with van der Waals surface area (Å²) in [6.07, 6.45) is -0.00231. The molecule has 0 aromatic heterocycles. The number of nitriles is 1. The smallest absolute Gasteiger partial charge is 0.317 e. The molecule has 0 aromatic carbocycles. The highest BCUT2D eigenvalue weighted by Gasteiger charge is 2.31. The molecule has 1 aliphatic rings. The minimum absolute atomic E-state index is 0.0532. The van der Waals surface area contributed by atoms with Gasteiger partial charge in [-0.3, -0.25) is 9.59 Å². The van der Waals surface area contributed by atoms with E-state index in [9.17, 15) is 18.0 Å². The maximum Gasteiger partial charge on any atom is 0.317 e. The normalized spacial score (nSPS) is 21.3. The predicted octanol–water partition coefficient (Wildman–Crippen LogP) is -1.11. The van der Waals surface area contributed by atoms with E-state index in [1.54, 1.807) is 0 Å². The van der Waals surface area contributed by atoms with Gasteiger partial charge >= 0.3 is 5.97 Å². The van der Waals surface area contributed by atoms with Gasteiger partial charge in [-0.05, 0) is 6.42 Å². The van der Waals surface area contributed by atoms with Crippen LogP contribution in [0.25, 0.3) is 0 Å². The standard InChI is InChI=1S/C5H9NO3S.C3H3NO2/c6-5(7)4-1-2-10(8,9)3-4;4-2-1-3(5)6/h4H,1-3H2,(H2,6,7);1H2,(H,5,6). The van der Waals surface area contributed by atoms with Crippen molar-refractivity contribution in [3.05, 3.63) is 0 Å². The van der Waals surface area contributed by atoms with Crippen LogP contribution in [0.4, 0.5) is 0 Å². The molecule has 0 bridgehead atoms. The van der Waals surface area contributed by atoms with E-state index in [1.165, 1.54) is 6.07 Å². The Morgan fingerprint density at radius 1 is 1.50 bits per heavy atom. The van der Waals surface area contributed by atoms with Crippen molar-refractivity contribution < 1.29 is 23.1 Å². The van der Waals surface area contributed by atoms with Crippen molar-refractivity contribution in [1.29, 1.82) is 5.26 Å². The lowest BCUT2D eigenvalue weighted by atomic mass is 10.1. The van der Waals surface area contributed by atoms with Gasteiger partial charge in [-0.1, -0.05) is 0 Å². The zero-order valence-corrected chi connectivity index (χ0v) is 9.24. The van der Waals surface area contributed by atoms with Gasteiger partial charge in [-0.2, -0.15) is 5.26 Å². The second-order valence-corrected chi connectivity index (χ2v) is 5.46. The molecule has 90 valence electrons. The zero-order chi connectivity index (χ0) is 12.8. The summed E-state index contributed by atoms with van der Waals surface area (Å²) in [6.45, 7) is 0. The molecule has 1 aliphatic heterocycles. The van der Waals surface area contributed by atoms with Crippen LogP contribution in [0.2, 0.25) is 0 Å². The second-order valence-electron chi connectivity index (χ2n) is 3.23. The van der Waals surface area contributed by atoms with Crippen LogP contribution < -0.4 is 5.73 Å². The van der Waals surface area contributed by atoms with Gasteiger partial charge in [-0.25, -0.2) is 8.42 Å². The topological polar surface area (TPSA) is 138 Å². The molecule has 1 heterocycles. The van der Waals surface area contributed by atoms with Crippen LogP contribution in [0.5, 0.6) is 0 Å². The third-order valence-corrected chi connectivity index (χ3v) is 3.63. The second kappa shape index (κ2) is 6.07. The fourth-order valence-electron chi connectivity index (χ4n) is 1.09. The van der Waals surface area contributed by atoms with Crippen LogP contribution in [-0.4, -0.2) is 36.9 Å². The molecule has 0 spiro atoms. The van der Waals surface area contributed by atoms with E-state index in [-0.39, 0.29) is 11.5 Å². The average molecular weight is 248 g/mol. The first-order valence-electron chi connectivity index (χ1n) is 4.37. The summed E-state index contributed by atoms with van der Waals surface area (Å²) in [5.74, 6) is -1.95. The molecule has 1 saturated heterocycles. The molecule has 3 N–H and O–H groups in total. The molecule has 0 aromatic rings.